The second-order valence-electron chi connectivity index (χ2n) is 4.69. The number of ether oxygens (including phenoxy) is 1. The molecule has 0 saturated heterocycles. The Morgan fingerprint density at radius 3 is 2.67 bits per heavy atom. The molecule has 0 aliphatic rings. The minimum atomic E-state index is -1.15. The highest BCUT2D eigenvalue weighted by atomic mass is 16.5. The van der Waals surface area contributed by atoms with Crippen molar-refractivity contribution in [3.8, 4) is 0 Å². The summed E-state index contributed by atoms with van der Waals surface area (Å²) in [5, 5.41) is 13.9. The van der Waals surface area contributed by atoms with Gasteiger partial charge in [0.1, 0.15) is 0 Å². The second kappa shape index (κ2) is 6.99. The Morgan fingerprint density at radius 1 is 1.29 bits per heavy atom. The molecule has 112 valence electrons. The van der Waals surface area contributed by atoms with Crippen LogP contribution >= 0.6 is 0 Å². The number of aromatic nitrogens is 2. The molecule has 0 bridgehead atoms. The van der Waals surface area contributed by atoms with Gasteiger partial charge in [0.05, 0.1) is 18.5 Å². The highest BCUT2D eigenvalue weighted by Crippen LogP contribution is 2.12. The Balaban J connectivity index is 2.29. The Bertz CT molecular complexity index is 694. The van der Waals surface area contributed by atoms with E-state index in [9.17, 15) is 14.7 Å². The summed E-state index contributed by atoms with van der Waals surface area (Å²) in [6, 6.07) is 6.60. The number of benzene rings is 1. The number of carboxylic acid groups (broad SMARTS) is 1. The van der Waals surface area contributed by atoms with E-state index in [1.165, 1.54) is 0 Å². The fourth-order valence-corrected chi connectivity index (χ4v) is 2.04. The monoisotopic (exact) mass is 290 g/mol. The number of nitrogens with zero attached hydrogens (tertiary/aromatic N) is 2. The molecule has 1 aromatic heterocycles. The third-order valence-corrected chi connectivity index (χ3v) is 3.16. The van der Waals surface area contributed by atoms with Crippen LogP contribution in [0.5, 0.6) is 0 Å². The molecule has 6 heteroatoms. The molecule has 0 aliphatic heterocycles. The largest absolute Gasteiger partial charge is 0.476 e. The van der Waals surface area contributed by atoms with E-state index >= 15 is 0 Å². The van der Waals surface area contributed by atoms with E-state index in [-0.39, 0.29) is 17.8 Å². The van der Waals surface area contributed by atoms with Gasteiger partial charge >= 0.3 is 5.97 Å². The smallest absolute Gasteiger partial charge is 0.357 e. The van der Waals surface area contributed by atoms with E-state index < -0.39 is 5.97 Å². The zero-order valence-corrected chi connectivity index (χ0v) is 11.9. The van der Waals surface area contributed by atoms with Crippen molar-refractivity contribution in [1.82, 2.24) is 9.78 Å². The number of carboxylic acids is 1. The van der Waals surface area contributed by atoms with Gasteiger partial charge in [-0.2, -0.15) is 5.10 Å². The van der Waals surface area contributed by atoms with Gasteiger partial charge in [-0.1, -0.05) is 31.5 Å². The number of fused-ring (bicyclic) bond motifs is 1. The van der Waals surface area contributed by atoms with Crippen LogP contribution in [0.15, 0.2) is 29.1 Å². The van der Waals surface area contributed by atoms with Gasteiger partial charge < -0.3 is 9.84 Å². The van der Waals surface area contributed by atoms with Crippen LogP contribution in [0.25, 0.3) is 10.8 Å². The highest BCUT2D eigenvalue weighted by molar-refractivity contribution is 6.01. The van der Waals surface area contributed by atoms with Gasteiger partial charge in [-0.3, -0.25) is 4.79 Å². The maximum Gasteiger partial charge on any atom is 0.357 e. The normalized spacial score (nSPS) is 10.9. The number of carbonyl (C=O) groups is 1. The van der Waals surface area contributed by atoms with Crippen molar-refractivity contribution in [2.75, 3.05) is 13.2 Å². The van der Waals surface area contributed by atoms with Crippen LogP contribution in [0, 0.1) is 0 Å². The fraction of sp³-hybridized carbons (Fsp3) is 0.400. The van der Waals surface area contributed by atoms with Crippen molar-refractivity contribution in [1.29, 1.82) is 0 Å². The first-order chi connectivity index (χ1) is 10.1. The summed E-state index contributed by atoms with van der Waals surface area (Å²) >= 11 is 0. The zero-order chi connectivity index (χ0) is 15.2. The van der Waals surface area contributed by atoms with Crippen LogP contribution in [0.4, 0.5) is 0 Å². The van der Waals surface area contributed by atoms with Gasteiger partial charge in [-0.05, 0) is 12.5 Å². The van der Waals surface area contributed by atoms with Crippen LogP contribution < -0.4 is 5.56 Å². The molecule has 6 nitrogen and oxygen atoms in total. The predicted molar refractivity (Wildman–Crippen MR) is 78.7 cm³/mol. The molecule has 0 radical (unpaired) electrons. The van der Waals surface area contributed by atoms with Crippen molar-refractivity contribution in [3.63, 3.8) is 0 Å². The molecule has 0 fully saturated rings. The Morgan fingerprint density at radius 2 is 2.00 bits per heavy atom. The first-order valence-electron chi connectivity index (χ1n) is 6.96. The number of unbranched alkanes of at least 4 members (excludes halogenated alkanes) is 1. The molecule has 2 rings (SSSR count). The first kappa shape index (κ1) is 15.2. The van der Waals surface area contributed by atoms with Crippen LogP contribution in [-0.2, 0) is 11.3 Å². The molecule has 0 unspecified atom stereocenters. The van der Waals surface area contributed by atoms with E-state index in [0.717, 1.165) is 17.5 Å². The highest BCUT2D eigenvalue weighted by Gasteiger charge is 2.15. The van der Waals surface area contributed by atoms with Gasteiger partial charge in [-0.25, -0.2) is 9.48 Å². The maximum absolute atomic E-state index is 12.3. The summed E-state index contributed by atoms with van der Waals surface area (Å²) in [5.74, 6) is -1.15. The summed E-state index contributed by atoms with van der Waals surface area (Å²) in [7, 11) is 0. The molecule has 0 saturated carbocycles. The summed E-state index contributed by atoms with van der Waals surface area (Å²) in [4.78, 5) is 23.6. The Labute approximate surface area is 122 Å². The van der Waals surface area contributed by atoms with Gasteiger partial charge in [0.15, 0.2) is 5.69 Å². The van der Waals surface area contributed by atoms with Gasteiger partial charge in [0.2, 0.25) is 0 Å². The molecular formula is C15H18N2O4. The SMILES string of the molecule is CCCCOCCn1nc(C(=O)O)c2ccccc2c1=O. The van der Waals surface area contributed by atoms with E-state index in [1.807, 2.05) is 0 Å². The molecule has 1 aromatic carbocycles. The summed E-state index contributed by atoms with van der Waals surface area (Å²) < 4.78 is 6.56. The van der Waals surface area contributed by atoms with Crippen molar-refractivity contribution in [3.05, 3.63) is 40.3 Å². The van der Waals surface area contributed by atoms with Gasteiger partial charge in [-0.15, -0.1) is 0 Å². The molecule has 2 aromatic rings. The summed E-state index contributed by atoms with van der Waals surface area (Å²) in [6.45, 7) is 3.28. The Hall–Kier alpha value is -2.21. The van der Waals surface area contributed by atoms with E-state index in [2.05, 4.69) is 12.0 Å². The molecule has 0 amide bonds. The molecule has 0 aliphatic carbocycles. The summed E-state index contributed by atoms with van der Waals surface area (Å²) in [5.41, 5.74) is -0.409. The minimum absolute atomic E-state index is 0.112. The van der Waals surface area contributed by atoms with Gasteiger partial charge in [0, 0.05) is 12.0 Å². The lowest BCUT2D eigenvalue weighted by Crippen LogP contribution is -2.27. The molecular weight excluding hydrogens is 272 g/mol. The van der Waals surface area contributed by atoms with Crippen molar-refractivity contribution < 1.29 is 14.6 Å². The molecule has 1 heterocycles. The number of aromatic carboxylic acids is 1. The molecule has 0 atom stereocenters. The van der Waals surface area contributed by atoms with E-state index in [4.69, 9.17) is 4.74 Å². The number of hydrogen-bond donors (Lipinski definition) is 1. The second-order valence-corrected chi connectivity index (χ2v) is 4.69. The Kier molecular flexibility index (Phi) is 5.05. The third-order valence-electron chi connectivity index (χ3n) is 3.16. The minimum Gasteiger partial charge on any atom is -0.476 e. The lowest BCUT2D eigenvalue weighted by Gasteiger charge is -2.09. The molecule has 0 spiro atoms. The third kappa shape index (κ3) is 3.46. The van der Waals surface area contributed by atoms with Crippen LogP contribution in [-0.4, -0.2) is 34.1 Å². The van der Waals surface area contributed by atoms with E-state index in [1.54, 1.807) is 24.3 Å². The predicted octanol–water partition coefficient (Wildman–Crippen LogP) is 1.91. The van der Waals surface area contributed by atoms with Gasteiger partial charge in [0.25, 0.3) is 5.56 Å². The average molecular weight is 290 g/mol. The summed E-state index contributed by atoms with van der Waals surface area (Å²) in [6.07, 6.45) is 2.00. The lowest BCUT2D eigenvalue weighted by molar-refractivity contribution is 0.0688. The zero-order valence-electron chi connectivity index (χ0n) is 11.9. The van der Waals surface area contributed by atoms with Crippen molar-refractivity contribution in [2.24, 2.45) is 0 Å². The fourth-order valence-electron chi connectivity index (χ4n) is 2.04. The number of rotatable bonds is 7. The molecule has 21 heavy (non-hydrogen) atoms. The van der Waals surface area contributed by atoms with E-state index in [0.29, 0.717) is 24.0 Å². The number of hydrogen-bond acceptors (Lipinski definition) is 4. The topological polar surface area (TPSA) is 81.4 Å². The van der Waals surface area contributed by atoms with Crippen LogP contribution in [0.2, 0.25) is 0 Å². The van der Waals surface area contributed by atoms with Crippen molar-refractivity contribution in [2.45, 2.75) is 26.3 Å². The average Bonchev–Trinajstić information content (AvgIpc) is 2.49. The lowest BCUT2D eigenvalue weighted by atomic mass is 10.1. The maximum atomic E-state index is 12.3. The first-order valence-corrected chi connectivity index (χ1v) is 6.96. The van der Waals surface area contributed by atoms with Crippen LogP contribution in [0.3, 0.4) is 0 Å². The van der Waals surface area contributed by atoms with Crippen molar-refractivity contribution >= 4 is 16.7 Å². The standard InChI is InChI=1S/C15H18N2O4/c1-2-3-9-21-10-8-17-14(18)12-7-5-4-6-11(12)13(16-17)15(19)20/h4-7H,2-3,8-10H2,1H3,(H,19,20). The van der Waals surface area contributed by atoms with Crippen LogP contribution in [0.1, 0.15) is 30.3 Å². The molecule has 1 N–H and O–H groups in total. The quantitative estimate of drug-likeness (QED) is 0.788.